The van der Waals surface area contributed by atoms with Crippen LogP contribution in [-0.4, -0.2) is 58.0 Å². The van der Waals surface area contributed by atoms with Crippen molar-refractivity contribution in [3.63, 3.8) is 0 Å². The number of piperazine rings is 1. The number of thioether (sulfide) groups is 1. The Balaban J connectivity index is 1.34. The predicted octanol–water partition coefficient (Wildman–Crippen LogP) is 3.41. The lowest BCUT2D eigenvalue weighted by molar-refractivity contribution is -0.114. The molecule has 5 rings (SSSR count). The predicted molar refractivity (Wildman–Crippen MR) is 120 cm³/mol. The molecule has 29 heavy (non-hydrogen) atoms. The highest BCUT2D eigenvalue weighted by Gasteiger charge is 2.35. The van der Waals surface area contributed by atoms with Crippen molar-refractivity contribution in [2.24, 2.45) is 9.98 Å². The number of nitrogens with zero attached hydrogens (tertiary/aromatic N) is 5. The van der Waals surface area contributed by atoms with Gasteiger partial charge in [0.05, 0.1) is 10.6 Å². The number of carbonyl (C=O) groups is 1. The van der Waals surface area contributed by atoms with E-state index in [1.54, 1.807) is 17.8 Å². The van der Waals surface area contributed by atoms with Gasteiger partial charge in [-0.25, -0.2) is 4.99 Å². The maximum absolute atomic E-state index is 12.5. The van der Waals surface area contributed by atoms with E-state index < -0.39 is 6.04 Å². The van der Waals surface area contributed by atoms with Crippen LogP contribution in [0.15, 0.2) is 52.2 Å². The molecule has 3 aliphatic rings. The van der Waals surface area contributed by atoms with Crippen molar-refractivity contribution in [1.82, 2.24) is 9.88 Å². The number of aromatic nitrogens is 1. The summed E-state index contributed by atoms with van der Waals surface area (Å²) in [4.78, 5) is 31.1. The van der Waals surface area contributed by atoms with Gasteiger partial charge < -0.3 is 9.80 Å². The molecule has 6 nitrogen and oxygen atoms in total. The molecule has 0 N–H and O–H groups in total. The summed E-state index contributed by atoms with van der Waals surface area (Å²) in [5, 5.41) is 3.03. The van der Waals surface area contributed by atoms with Crippen LogP contribution in [0.4, 0.5) is 5.69 Å². The lowest BCUT2D eigenvalue weighted by Gasteiger charge is -2.38. The number of anilines is 1. The summed E-state index contributed by atoms with van der Waals surface area (Å²) in [5.74, 6) is 0.843. The van der Waals surface area contributed by atoms with Crippen molar-refractivity contribution in [3.05, 3.63) is 47.9 Å². The SMILES string of the molecule is CCC1=NC2C(=O)C=C(N3CCN(c4cc(C)nc5ccccc45)CC3)N=C2S1. The van der Waals surface area contributed by atoms with Gasteiger partial charge in [-0.15, -0.1) is 0 Å². The maximum atomic E-state index is 12.5. The van der Waals surface area contributed by atoms with Gasteiger partial charge in [-0.05, 0) is 25.5 Å². The Bertz CT molecular complexity index is 1080. The van der Waals surface area contributed by atoms with E-state index in [1.165, 1.54) is 11.1 Å². The fraction of sp³-hybridized carbons (Fsp3) is 0.364. The highest BCUT2D eigenvalue weighted by atomic mass is 32.2. The number of aryl methyl sites for hydroxylation is 1. The van der Waals surface area contributed by atoms with Crippen LogP contribution in [0.25, 0.3) is 10.9 Å². The number of rotatable bonds is 3. The summed E-state index contributed by atoms with van der Waals surface area (Å²) in [5.41, 5.74) is 3.30. The summed E-state index contributed by atoms with van der Waals surface area (Å²) in [7, 11) is 0. The molecule has 0 radical (unpaired) electrons. The minimum absolute atomic E-state index is 0.0548. The molecule has 2 aromatic rings. The lowest BCUT2D eigenvalue weighted by Crippen LogP contribution is -2.46. The number of aliphatic imine (C=N–C) groups is 2. The first-order chi connectivity index (χ1) is 14.1. The van der Waals surface area contributed by atoms with Gasteiger partial charge in [-0.2, -0.15) is 0 Å². The molecule has 0 saturated carbocycles. The van der Waals surface area contributed by atoms with Gasteiger partial charge in [0.25, 0.3) is 0 Å². The van der Waals surface area contributed by atoms with E-state index in [2.05, 4.69) is 51.0 Å². The van der Waals surface area contributed by atoms with E-state index in [9.17, 15) is 4.79 Å². The Hall–Kier alpha value is -2.67. The highest BCUT2D eigenvalue weighted by Crippen LogP contribution is 2.31. The molecule has 1 aromatic carbocycles. The van der Waals surface area contributed by atoms with Gasteiger partial charge in [0.1, 0.15) is 10.9 Å². The Morgan fingerprint density at radius 1 is 1.14 bits per heavy atom. The van der Waals surface area contributed by atoms with Crippen LogP contribution in [0.2, 0.25) is 0 Å². The van der Waals surface area contributed by atoms with Gasteiger partial charge in [0, 0.05) is 49.0 Å². The molecular formula is C22H23N5OS. The summed E-state index contributed by atoms with van der Waals surface area (Å²) in [6.45, 7) is 7.55. The van der Waals surface area contributed by atoms with Crippen LogP contribution in [0.3, 0.4) is 0 Å². The van der Waals surface area contributed by atoms with Crippen LogP contribution in [0.5, 0.6) is 0 Å². The molecule has 1 unspecified atom stereocenters. The Labute approximate surface area is 174 Å². The smallest absolute Gasteiger partial charge is 0.190 e. The first-order valence-corrected chi connectivity index (χ1v) is 10.9. The van der Waals surface area contributed by atoms with Crippen LogP contribution in [-0.2, 0) is 4.79 Å². The van der Waals surface area contributed by atoms with Crippen molar-refractivity contribution in [1.29, 1.82) is 0 Å². The molecule has 0 bridgehead atoms. The molecule has 3 aliphatic heterocycles. The van der Waals surface area contributed by atoms with Crippen LogP contribution in [0, 0.1) is 6.92 Å². The normalized spacial score (nSPS) is 21.8. The van der Waals surface area contributed by atoms with Crippen molar-refractivity contribution >= 4 is 44.2 Å². The summed E-state index contributed by atoms with van der Waals surface area (Å²) in [6.07, 6.45) is 2.53. The third-order valence-corrected chi connectivity index (χ3v) is 6.72. The van der Waals surface area contributed by atoms with E-state index in [1.807, 2.05) is 13.0 Å². The molecule has 1 fully saturated rings. The van der Waals surface area contributed by atoms with E-state index in [0.717, 1.165) is 59.7 Å². The first-order valence-electron chi connectivity index (χ1n) is 10.1. The average Bonchev–Trinajstić information content (AvgIpc) is 3.17. The van der Waals surface area contributed by atoms with Crippen molar-refractivity contribution in [3.8, 4) is 0 Å². The van der Waals surface area contributed by atoms with Gasteiger partial charge >= 0.3 is 0 Å². The highest BCUT2D eigenvalue weighted by molar-refractivity contribution is 8.27. The van der Waals surface area contributed by atoms with Gasteiger partial charge in [-0.1, -0.05) is 36.9 Å². The molecular weight excluding hydrogens is 382 g/mol. The van der Waals surface area contributed by atoms with Crippen LogP contribution < -0.4 is 4.90 Å². The molecule has 1 atom stereocenters. The zero-order chi connectivity index (χ0) is 20.0. The number of carbonyl (C=O) groups excluding carboxylic acids is 1. The number of pyridine rings is 1. The fourth-order valence-corrected chi connectivity index (χ4v) is 5.04. The van der Waals surface area contributed by atoms with Gasteiger partial charge in [0.15, 0.2) is 11.8 Å². The minimum atomic E-state index is -0.397. The quantitative estimate of drug-likeness (QED) is 0.783. The fourth-order valence-electron chi connectivity index (χ4n) is 4.07. The van der Waals surface area contributed by atoms with Crippen molar-refractivity contribution < 1.29 is 4.79 Å². The molecule has 148 valence electrons. The molecule has 0 aliphatic carbocycles. The molecule has 0 spiro atoms. The number of benzene rings is 1. The van der Waals surface area contributed by atoms with Crippen molar-refractivity contribution in [2.45, 2.75) is 26.3 Å². The van der Waals surface area contributed by atoms with E-state index >= 15 is 0 Å². The average molecular weight is 406 g/mol. The lowest BCUT2D eigenvalue weighted by atomic mass is 10.1. The van der Waals surface area contributed by atoms with E-state index in [4.69, 9.17) is 4.99 Å². The second-order valence-corrected chi connectivity index (χ2v) is 8.60. The third-order valence-electron chi connectivity index (χ3n) is 5.56. The molecule has 0 amide bonds. The number of fused-ring (bicyclic) bond motifs is 2. The van der Waals surface area contributed by atoms with Crippen molar-refractivity contribution in [2.75, 3.05) is 31.1 Å². The maximum Gasteiger partial charge on any atom is 0.190 e. The van der Waals surface area contributed by atoms with E-state index in [-0.39, 0.29) is 5.78 Å². The topological polar surface area (TPSA) is 61.2 Å². The largest absolute Gasteiger partial charge is 0.367 e. The van der Waals surface area contributed by atoms with Crippen LogP contribution >= 0.6 is 11.8 Å². The Morgan fingerprint density at radius 2 is 1.90 bits per heavy atom. The third kappa shape index (κ3) is 3.33. The molecule has 1 saturated heterocycles. The second kappa shape index (κ2) is 7.30. The van der Waals surface area contributed by atoms with E-state index in [0.29, 0.717) is 0 Å². The summed E-state index contributed by atoms with van der Waals surface area (Å²) in [6, 6.07) is 10.1. The van der Waals surface area contributed by atoms with Gasteiger partial charge in [-0.3, -0.25) is 14.8 Å². The standard InChI is InChI=1S/C22H23N5OS/c1-3-20-25-21-18(28)13-19(24-22(21)29-20)27-10-8-26(9-11-27)17-12-14(2)23-16-7-5-4-6-15(16)17/h4-7,12-13,21H,3,8-11H2,1-2H3. The monoisotopic (exact) mass is 405 g/mol. The molecule has 1 aromatic heterocycles. The number of para-hydroxylation sites is 1. The number of hydrogen-bond donors (Lipinski definition) is 0. The Kier molecular flexibility index (Phi) is 4.62. The minimum Gasteiger partial charge on any atom is -0.367 e. The molecule has 4 heterocycles. The number of hydrogen-bond acceptors (Lipinski definition) is 7. The molecule has 7 heteroatoms. The second-order valence-electron chi connectivity index (χ2n) is 7.51. The zero-order valence-corrected chi connectivity index (χ0v) is 17.4. The number of ketones is 1. The van der Waals surface area contributed by atoms with Gasteiger partial charge in [0.2, 0.25) is 0 Å². The summed E-state index contributed by atoms with van der Waals surface area (Å²) >= 11 is 1.56. The Morgan fingerprint density at radius 3 is 2.69 bits per heavy atom. The zero-order valence-electron chi connectivity index (χ0n) is 16.6. The van der Waals surface area contributed by atoms with Crippen LogP contribution in [0.1, 0.15) is 19.0 Å². The first kappa shape index (κ1) is 18.4. The summed E-state index contributed by atoms with van der Waals surface area (Å²) < 4.78 is 0.